The third kappa shape index (κ3) is 14.2. The fourth-order valence-electron chi connectivity index (χ4n) is 4.99. The predicted octanol–water partition coefficient (Wildman–Crippen LogP) is 2.16. The molecule has 0 rings (SSSR count). The Morgan fingerprint density at radius 3 is 1.17 bits per heavy atom. The fraction of sp³-hybridized carbons (Fsp3) is 0.875. The van der Waals surface area contributed by atoms with Crippen LogP contribution in [0.3, 0.4) is 0 Å². The highest BCUT2D eigenvalue weighted by molar-refractivity contribution is 7.04. The minimum atomic E-state index is -3.11. The second-order valence-electron chi connectivity index (χ2n) is 11.8. The van der Waals surface area contributed by atoms with Crippen LogP contribution in [-0.4, -0.2) is 87.2 Å². The molecule has 5 atom stereocenters. The predicted molar refractivity (Wildman–Crippen MR) is 142 cm³/mol. The molecule has 0 aromatic heterocycles. The van der Waals surface area contributed by atoms with Gasteiger partial charge in [0.25, 0.3) is 0 Å². The highest BCUT2D eigenvalue weighted by atomic mass is 28.5. The van der Waals surface area contributed by atoms with Crippen LogP contribution in [0.15, 0.2) is 12.3 Å². The molecule has 0 aliphatic heterocycles. The van der Waals surface area contributed by atoms with Crippen molar-refractivity contribution in [2.75, 3.05) is 0 Å². The molecule has 30 heavy (non-hydrogen) atoms. The zero-order chi connectivity index (χ0) is 24.4. The van der Waals surface area contributed by atoms with Gasteiger partial charge in [0.15, 0.2) is 49.9 Å². The smallest absolute Gasteiger partial charge is 0.321 e. The molecule has 0 amide bonds. The van der Waals surface area contributed by atoms with Crippen molar-refractivity contribution in [2.45, 2.75) is 87.3 Å². The van der Waals surface area contributed by atoms with Crippen LogP contribution in [0.2, 0.25) is 87.3 Å². The fourth-order valence-corrected chi connectivity index (χ4v) is 50.1. The van der Waals surface area contributed by atoms with Gasteiger partial charge >= 0.3 is 8.56 Å². The average molecular weight is 547 g/mol. The first-order valence-corrected chi connectivity index (χ1v) is 30.6. The Kier molecular flexibility index (Phi) is 10.4. The van der Waals surface area contributed by atoms with Crippen molar-refractivity contribution in [2.24, 2.45) is 0 Å². The summed E-state index contributed by atoms with van der Waals surface area (Å²) in [6.45, 7) is 19.9. The zero-order valence-corrected chi connectivity index (χ0v) is 27.4. The molecule has 0 aromatic rings. The van der Waals surface area contributed by atoms with E-state index in [4.69, 9.17) is 4.12 Å². The summed E-state index contributed by atoms with van der Waals surface area (Å²) in [5.74, 6) is 0. The van der Waals surface area contributed by atoms with Crippen LogP contribution in [-0.2, 0) is 4.12 Å². The first-order valence-electron chi connectivity index (χ1n) is 10.5. The van der Waals surface area contributed by atoms with E-state index in [1.165, 1.54) is 0 Å². The molecular weight excluding hydrogens is 501 g/mol. The van der Waals surface area contributed by atoms with Crippen molar-refractivity contribution in [3.8, 4) is 0 Å². The monoisotopic (exact) mass is 546 g/mol. The molecule has 0 heterocycles. The summed E-state index contributed by atoms with van der Waals surface area (Å²) >= 11 is 0. The molecule has 7 nitrogen and oxygen atoms in total. The first-order chi connectivity index (χ1) is 12.8. The number of rotatable bonds is 13. The first kappa shape index (κ1) is 31.0. The van der Waals surface area contributed by atoms with Crippen molar-refractivity contribution in [1.29, 1.82) is 0 Å². The molecule has 5 unspecified atom stereocenters. The van der Waals surface area contributed by atoms with Crippen LogP contribution in [0, 0.1) is 0 Å². The Hall–Kier alpha value is 0.978. The standard InChI is InChI=1S/C16H46O7Si7/c1-11-25(4,5)23-30(10,22)16-29(9,21)15-28(8,20)14-27(7,19)13-26(6,18)12-24(2,3)17/h11,17-22H,1,12-16H2,2-10H3. The van der Waals surface area contributed by atoms with E-state index in [-0.39, 0.29) is 17.0 Å². The van der Waals surface area contributed by atoms with Crippen molar-refractivity contribution < 1.29 is 32.9 Å². The Bertz CT molecular complexity index is 587. The second-order valence-corrected chi connectivity index (χ2v) is 41.2. The lowest BCUT2D eigenvalue weighted by atomic mass is 11.3. The molecule has 0 saturated carbocycles. The van der Waals surface area contributed by atoms with E-state index in [2.05, 4.69) is 6.58 Å². The summed E-state index contributed by atoms with van der Waals surface area (Å²) in [6.07, 6.45) is 0. The molecule has 180 valence electrons. The van der Waals surface area contributed by atoms with Crippen LogP contribution in [0.25, 0.3) is 0 Å². The normalized spacial score (nSPS) is 23.4. The van der Waals surface area contributed by atoms with Crippen LogP contribution >= 0.6 is 0 Å². The van der Waals surface area contributed by atoms with Crippen LogP contribution in [0.5, 0.6) is 0 Å². The van der Waals surface area contributed by atoms with E-state index in [0.29, 0.717) is 11.3 Å². The van der Waals surface area contributed by atoms with E-state index in [0.717, 1.165) is 0 Å². The Balaban J connectivity index is 5.20. The van der Waals surface area contributed by atoms with Gasteiger partial charge in [-0.3, -0.25) is 0 Å². The Labute approximate surface area is 190 Å². The Morgan fingerprint density at radius 1 is 0.567 bits per heavy atom. The lowest BCUT2D eigenvalue weighted by Crippen LogP contribution is -2.57. The summed E-state index contributed by atoms with van der Waals surface area (Å²) in [7, 11) is -19.4. The molecule has 14 heteroatoms. The van der Waals surface area contributed by atoms with Gasteiger partial charge in [0, 0.05) is 5.67 Å². The summed E-state index contributed by atoms with van der Waals surface area (Å²) in [6, 6.07) is 0. The summed E-state index contributed by atoms with van der Waals surface area (Å²) in [5.41, 5.74) is 3.16. The SMILES string of the molecule is C=C[Si](C)(C)O[Si](C)(O)C[Si](C)(O)C[Si](C)(O)C[Si](C)(O)C[Si](C)(O)C[Si](C)(C)O. The maximum Gasteiger partial charge on any atom is 0.321 e. The van der Waals surface area contributed by atoms with Gasteiger partial charge in [-0.2, -0.15) is 0 Å². The second kappa shape index (κ2) is 10.1. The van der Waals surface area contributed by atoms with E-state index in [1.54, 1.807) is 51.5 Å². The quantitative estimate of drug-likeness (QED) is 0.195. The third-order valence-corrected chi connectivity index (χ3v) is 40.1. The van der Waals surface area contributed by atoms with Gasteiger partial charge in [-0.05, 0) is 81.6 Å². The largest absolute Gasteiger partial charge is 0.433 e. The van der Waals surface area contributed by atoms with Gasteiger partial charge in [0.05, 0.1) is 0 Å². The molecule has 0 aliphatic carbocycles. The summed E-state index contributed by atoms with van der Waals surface area (Å²) < 4.78 is 5.97. The highest BCUT2D eigenvalue weighted by Crippen LogP contribution is 2.33. The van der Waals surface area contributed by atoms with Crippen LogP contribution in [0.1, 0.15) is 0 Å². The Morgan fingerprint density at radius 2 is 0.867 bits per heavy atom. The van der Waals surface area contributed by atoms with Crippen molar-refractivity contribution in [1.82, 2.24) is 0 Å². The van der Waals surface area contributed by atoms with Crippen LogP contribution < -0.4 is 0 Å². The van der Waals surface area contributed by atoms with Gasteiger partial charge in [-0.25, -0.2) is 0 Å². The molecular formula is C16H46O7Si7. The lowest BCUT2D eigenvalue weighted by molar-refractivity contribution is 0.382. The van der Waals surface area contributed by atoms with Gasteiger partial charge in [0.2, 0.25) is 0 Å². The van der Waals surface area contributed by atoms with E-state index in [1.807, 2.05) is 13.1 Å². The molecule has 0 aromatic carbocycles. The zero-order valence-electron chi connectivity index (χ0n) is 20.4. The van der Waals surface area contributed by atoms with E-state index >= 15 is 0 Å². The molecule has 0 spiro atoms. The molecule has 0 radical (unpaired) electrons. The maximum atomic E-state index is 11.2. The third-order valence-electron chi connectivity index (χ3n) is 4.78. The summed E-state index contributed by atoms with van der Waals surface area (Å²) in [5, 5.41) is 0. The molecule has 0 bridgehead atoms. The topological polar surface area (TPSA) is 131 Å². The maximum absolute atomic E-state index is 11.2. The number of hydrogen-bond donors (Lipinski definition) is 6. The molecule has 6 N–H and O–H groups in total. The highest BCUT2D eigenvalue weighted by Gasteiger charge is 2.50. The van der Waals surface area contributed by atoms with Crippen molar-refractivity contribution in [3.05, 3.63) is 12.3 Å². The molecule has 0 fully saturated rings. The van der Waals surface area contributed by atoms with Crippen LogP contribution in [0.4, 0.5) is 0 Å². The lowest BCUT2D eigenvalue weighted by Gasteiger charge is -2.38. The molecule has 0 saturated heterocycles. The van der Waals surface area contributed by atoms with E-state index in [9.17, 15) is 28.8 Å². The van der Waals surface area contributed by atoms with Gasteiger partial charge in [0.1, 0.15) is 0 Å². The van der Waals surface area contributed by atoms with E-state index < -0.39 is 58.5 Å². The minimum Gasteiger partial charge on any atom is -0.433 e. The minimum absolute atomic E-state index is 0.202. The van der Waals surface area contributed by atoms with Gasteiger partial charge in [-0.1, -0.05) is 5.70 Å². The van der Waals surface area contributed by atoms with Crippen molar-refractivity contribution >= 4 is 58.5 Å². The summed E-state index contributed by atoms with van der Waals surface area (Å²) in [4.78, 5) is 65.2. The number of hydrogen-bond acceptors (Lipinski definition) is 7. The average Bonchev–Trinajstić information content (AvgIpc) is 2.26. The molecule has 0 aliphatic rings. The van der Waals surface area contributed by atoms with Crippen molar-refractivity contribution in [3.63, 3.8) is 0 Å². The van der Waals surface area contributed by atoms with Gasteiger partial charge in [-0.15, -0.1) is 6.58 Å². The van der Waals surface area contributed by atoms with Gasteiger partial charge < -0.3 is 32.9 Å².